The summed E-state index contributed by atoms with van der Waals surface area (Å²) in [5.41, 5.74) is 5.06. The Morgan fingerprint density at radius 3 is 2.42 bits per heavy atom. The monoisotopic (exact) mass is 448 g/mol. The van der Waals surface area contributed by atoms with Crippen LogP contribution in [0.3, 0.4) is 0 Å². The van der Waals surface area contributed by atoms with Gasteiger partial charge in [-0.1, -0.05) is 12.1 Å². The number of aromatic amines is 1. The molecule has 33 heavy (non-hydrogen) atoms. The van der Waals surface area contributed by atoms with E-state index in [9.17, 15) is 14.0 Å². The molecule has 1 amide bonds. The molecule has 1 saturated heterocycles. The number of hydrogen-bond acceptors (Lipinski definition) is 4. The van der Waals surface area contributed by atoms with Crippen molar-refractivity contribution in [2.24, 2.45) is 0 Å². The minimum atomic E-state index is -0.250. The van der Waals surface area contributed by atoms with Crippen LogP contribution in [-0.2, 0) is 11.2 Å². The van der Waals surface area contributed by atoms with Crippen molar-refractivity contribution < 1.29 is 9.18 Å². The van der Waals surface area contributed by atoms with Crippen LogP contribution in [0.2, 0.25) is 0 Å². The molecule has 1 fully saturated rings. The van der Waals surface area contributed by atoms with Gasteiger partial charge < -0.3 is 9.88 Å². The number of nitrogens with one attached hydrogen (secondary N) is 1. The summed E-state index contributed by atoms with van der Waals surface area (Å²) >= 11 is 0. The molecule has 0 spiro atoms. The zero-order chi connectivity index (χ0) is 23.5. The van der Waals surface area contributed by atoms with Gasteiger partial charge in [-0.25, -0.2) is 9.37 Å². The molecule has 2 aromatic heterocycles. The van der Waals surface area contributed by atoms with Crippen molar-refractivity contribution in [3.8, 4) is 11.1 Å². The standard InChI is InChI=1S/C26H29FN4O2/c1-16-14-21(19-4-6-22(27)7-5-19)15-24(28-16)20-10-12-31(13-11-20)25(32)9-8-23-17(2)29-18(3)30-26(23)33/h4-7,14-15,20H,8-13H2,1-3H3,(H,29,30,33). The van der Waals surface area contributed by atoms with Gasteiger partial charge in [0.2, 0.25) is 5.91 Å². The fourth-order valence-electron chi connectivity index (χ4n) is 4.57. The Morgan fingerprint density at radius 1 is 1.06 bits per heavy atom. The molecule has 1 aliphatic heterocycles. The Morgan fingerprint density at radius 2 is 1.76 bits per heavy atom. The molecule has 7 heteroatoms. The zero-order valence-electron chi connectivity index (χ0n) is 19.3. The molecule has 0 aliphatic carbocycles. The number of piperidine rings is 1. The molecule has 1 aliphatic rings. The second kappa shape index (κ2) is 9.65. The summed E-state index contributed by atoms with van der Waals surface area (Å²) in [5, 5.41) is 0. The van der Waals surface area contributed by atoms with Crippen LogP contribution in [0.25, 0.3) is 11.1 Å². The number of hydrogen-bond donors (Lipinski definition) is 1. The number of likely N-dealkylation sites (tertiary alicyclic amines) is 1. The Labute approximate surface area is 192 Å². The molecule has 0 atom stereocenters. The second-order valence-corrected chi connectivity index (χ2v) is 8.80. The van der Waals surface area contributed by atoms with Gasteiger partial charge in [0.25, 0.3) is 5.56 Å². The summed E-state index contributed by atoms with van der Waals surface area (Å²) in [7, 11) is 0. The van der Waals surface area contributed by atoms with Gasteiger partial charge in [0.15, 0.2) is 0 Å². The van der Waals surface area contributed by atoms with Crippen molar-refractivity contribution in [3.05, 3.63) is 81.0 Å². The molecule has 1 aromatic carbocycles. The highest BCUT2D eigenvalue weighted by molar-refractivity contribution is 5.76. The summed E-state index contributed by atoms with van der Waals surface area (Å²) in [6.07, 6.45) is 2.39. The first-order valence-electron chi connectivity index (χ1n) is 11.4. The van der Waals surface area contributed by atoms with E-state index in [1.807, 2.05) is 24.8 Å². The van der Waals surface area contributed by atoms with Crippen LogP contribution in [0.4, 0.5) is 4.39 Å². The maximum Gasteiger partial charge on any atom is 0.254 e. The third-order valence-corrected chi connectivity index (χ3v) is 6.35. The number of carbonyl (C=O) groups excluding carboxylic acids is 1. The number of carbonyl (C=O) groups is 1. The number of amides is 1. The average molecular weight is 449 g/mol. The number of H-pyrrole nitrogens is 1. The lowest BCUT2D eigenvalue weighted by molar-refractivity contribution is -0.132. The first-order valence-corrected chi connectivity index (χ1v) is 11.4. The molecule has 0 radical (unpaired) electrons. The van der Waals surface area contributed by atoms with Crippen LogP contribution >= 0.6 is 0 Å². The minimum absolute atomic E-state index is 0.0667. The van der Waals surface area contributed by atoms with Crippen LogP contribution in [0.5, 0.6) is 0 Å². The third kappa shape index (κ3) is 5.35. The largest absolute Gasteiger partial charge is 0.343 e. The summed E-state index contributed by atoms with van der Waals surface area (Å²) in [4.78, 5) is 38.6. The van der Waals surface area contributed by atoms with E-state index in [1.165, 1.54) is 12.1 Å². The number of aromatic nitrogens is 3. The highest BCUT2D eigenvalue weighted by atomic mass is 19.1. The van der Waals surface area contributed by atoms with Crippen LogP contribution in [-0.4, -0.2) is 38.8 Å². The molecular formula is C26H29FN4O2. The Bertz CT molecular complexity index is 1210. The molecule has 4 rings (SSSR count). The van der Waals surface area contributed by atoms with Gasteiger partial charge in [0.1, 0.15) is 11.6 Å². The molecule has 172 valence electrons. The van der Waals surface area contributed by atoms with E-state index in [2.05, 4.69) is 16.0 Å². The van der Waals surface area contributed by atoms with Gasteiger partial charge in [-0.05, 0) is 75.4 Å². The lowest BCUT2D eigenvalue weighted by Gasteiger charge is -2.32. The van der Waals surface area contributed by atoms with Gasteiger partial charge >= 0.3 is 0 Å². The van der Waals surface area contributed by atoms with Crippen molar-refractivity contribution in [2.45, 2.75) is 52.4 Å². The molecule has 0 bridgehead atoms. The molecule has 1 N–H and O–H groups in total. The van der Waals surface area contributed by atoms with Crippen LogP contribution in [0.1, 0.15) is 53.7 Å². The quantitative estimate of drug-likeness (QED) is 0.633. The maximum absolute atomic E-state index is 13.3. The smallest absolute Gasteiger partial charge is 0.254 e. The van der Waals surface area contributed by atoms with Crippen molar-refractivity contribution >= 4 is 5.91 Å². The fraction of sp³-hybridized carbons (Fsp3) is 0.385. The van der Waals surface area contributed by atoms with E-state index in [1.54, 1.807) is 19.1 Å². The van der Waals surface area contributed by atoms with Gasteiger partial charge in [0.05, 0.1) is 0 Å². The highest BCUT2D eigenvalue weighted by Crippen LogP contribution is 2.30. The van der Waals surface area contributed by atoms with Crippen molar-refractivity contribution in [1.29, 1.82) is 0 Å². The molecule has 6 nitrogen and oxygen atoms in total. The van der Waals surface area contributed by atoms with E-state index in [4.69, 9.17) is 4.98 Å². The van der Waals surface area contributed by atoms with Crippen LogP contribution in [0, 0.1) is 26.6 Å². The second-order valence-electron chi connectivity index (χ2n) is 8.80. The normalized spacial score (nSPS) is 14.5. The first kappa shape index (κ1) is 22.8. The average Bonchev–Trinajstić information content (AvgIpc) is 2.78. The summed E-state index contributed by atoms with van der Waals surface area (Å²) in [6, 6.07) is 10.6. The van der Waals surface area contributed by atoms with Crippen LogP contribution < -0.4 is 5.56 Å². The first-order chi connectivity index (χ1) is 15.8. The van der Waals surface area contributed by atoms with E-state index in [0.717, 1.165) is 35.4 Å². The minimum Gasteiger partial charge on any atom is -0.343 e. The number of benzene rings is 1. The lowest BCUT2D eigenvalue weighted by Crippen LogP contribution is -2.38. The number of nitrogens with zero attached hydrogens (tertiary/aromatic N) is 3. The van der Waals surface area contributed by atoms with E-state index >= 15 is 0 Å². The fourth-order valence-corrected chi connectivity index (χ4v) is 4.57. The van der Waals surface area contributed by atoms with Crippen molar-refractivity contribution in [1.82, 2.24) is 19.9 Å². The van der Waals surface area contributed by atoms with Crippen molar-refractivity contribution in [2.75, 3.05) is 13.1 Å². The Hall–Kier alpha value is -3.35. The van der Waals surface area contributed by atoms with Gasteiger partial charge in [0, 0.05) is 48.1 Å². The molecule has 0 unspecified atom stereocenters. The molecule has 3 heterocycles. The van der Waals surface area contributed by atoms with Gasteiger partial charge in [-0.15, -0.1) is 0 Å². The predicted molar refractivity (Wildman–Crippen MR) is 126 cm³/mol. The lowest BCUT2D eigenvalue weighted by atomic mass is 9.91. The summed E-state index contributed by atoms with van der Waals surface area (Å²) < 4.78 is 13.3. The zero-order valence-corrected chi connectivity index (χ0v) is 19.3. The van der Waals surface area contributed by atoms with Gasteiger partial charge in [-0.3, -0.25) is 14.6 Å². The van der Waals surface area contributed by atoms with Gasteiger partial charge in [-0.2, -0.15) is 0 Å². The number of aryl methyl sites for hydroxylation is 3. The number of rotatable bonds is 5. The predicted octanol–water partition coefficient (Wildman–Crippen LogP) is 4.24. The summed E-state index contributed by atoms with van der Waals surface area (Å²) in [6.45, 7) is 6.87. The van der Waals surface area contributed by atoms with Crippen molar-refractivity contribution in [3.63, 3.8) is 0 Å². The van der Waals surface area contributed by atoms with E-state index < -0.39 is 0 Å². The van der Waals surface area contributed by atoms with E-state index in [-0.39, 0.29) is 23.2 Å². The summed E-state index contributed by atoms with van der Waals surface area (Å²) in [5.74, 6) is 0.679. The molecule has 3 aromatic rings. The third-order valence-electron chi connectivity index (χ3n) is 6.35. The maximum atomic E-state index is 13.3. The Kier molecular flexibility index (Phi) is 6.67. The molecular weight excluding hydrogens is 419 g/mol. The Balaban J connectivity index is 1.38. The molecule has 0 saturated carbocycles. The SMILES string of the molecule is Cc1cc(-c2ccc(F)cc2)cc(C2CCN(C(=O)CCc3c(C)nc(C)[nH]c3=O)CC2)n1. The number of pyridine rings is 1. The highest BCUT2D eigenvalue weighted by Gasteiger charge is 2.25. The number of halogens is 1. The van der Waals surface area contributed by atoms with Crippen LogP contribution in [0.15, 0.2) is 41.2 Å². The topological polar surface area (TPSA) is 79.0 Å². The van der Waals surface area contributed by atoms with E-state index in [0.29, 0.717) is 43.0 Å².